The molecule has 0 aliphatic carbocycles. The molecule has 2 amide bonds. The molecule has 0 spiro atoms. The standard InChI is InChI=1S/C15H18Br2N2O3/c1-2-5-19-6-7-22-13(15(19)21)9-14(20)18-12-4-3-10(16)8-11(12)17/h3-4,8,13H,2,5-7,9H2,1H3,(H,18,20)/t13-/m0/s1. The number of hydrogen-bond donors (Lipinski definition) is 1. The lowest BCUT2D eigenvalue weighted by atomic mass is 10.1. The molecule has 1 atom stereocenters. The molecule has 2 rings (SSSR count). The second-order valence-corrected chi connectivity index (χ2v) is 6.83. The summed E-state index contributed by atoms with van der Waals surface area (Å²) in [4.78, 5) is 26.1. The van der Waals surface area contributed by atoms with Crippen molar-refractivity contribution in [1.82, 2.24) is 4.90 Å². The molecule has 1 saturated heterocycles. The van der Waals surface area contributed by atoms with Crippen molar-refractivity contribution in [3.63, 3.8) is 0 Å². The third-order valence-corrected chi connectivity index (χ3v) is 4.49. The van der Waals surface area contributed by atoms with Crippen LogP contribution in [0.5, 0.6) is 0 Å². The predicted octanol–water partition coefficient (Wildman–Crippen LogP) is 3.18. The average molecular weight is 434 g/mol. The van der Waals surface area contributed by atoms with E-state index in [4.69, 9.17) is 4.74 Å². The summed E-state index contributed by atoms with van der Waals surface area (Å²) in [5.41, 5.74) is 0.668. The highest BCUT2D eigenvalue weighted by Gasteiger charge is 2.30. The monoisotopic (exact) mass is 432 g/mol. The molecule has 120 valence electrons. The molecule has 1 fully saturated rings. The lowest BCUT2D eigenvalue weighted by Gasteiger charge is -2.32. The van der Waals surface area contributed by atoms with Crippen LogP contribution in [0.25, 0.3) is 0 Å². The van der Waals surface area contributed by atoms with Crippen LogP contribution in [0.3, 0.4) is 0 Å². The summed E-state index contributed by atoms with van der Waals surface area (Å²) in [6.45, 7) is 3.81. The number of carbonyl (C=O) groups is 2. The van der Waals surface area contributed by atoms with Crippen molar-refractivity contribution in [3.8, 4) is 0 Å². The number of ether oxygens (including phenoxy) is 1. The first-order valence-corrected chi connectivity index (χ1v) is 8.75. The van der Waals surface area contributed by atoms with E-state index in [-0.39, 0.29) is 18.2 Å². The Morgan fingerprint density at radius 3 is 2.91 bits per heavy atom. The average Bonchev–Trinajstić information content (AvgIpc) is 2.46. The van der Waals surface area contributed by atoms with Crippen molar-refractivity contribution in [1.29, 1.82) is 0 Å². The summed E-state index contributed by atoms with van der Waals surface area (Å²) in [6, 6.07) is 5.48. The minimum absolute atomic E-state index is 0.0293. The Balaban J connectivity index is 1.95. The van der Waals surface area contributed by atoms with Gasteiger partial charge in [0.2, 0.25) is 5.91 Å². The molecule has 5 nitrogen and oxygen atoms in total. The highest BCUT2D eigenvalue weighted by molar-refractivity contribution is 9.11. The number of amides is 2. The first-order valence-electron chi connectivity index (χ1n) is 7.16. The van der Waals surface area contributed by atoms with Crippen molar-refractivity contribution in [2.24, 2.45) is 0 Å². The van der Waals surface area contributed by atoms with Gasteiger partial charge < -0.3 is 15.0 Å². The summed E-state index contributed by atoms with van der Waals surface area (Å²) in [5.74, 6) is -0.335. The van der Waals surface area contributed by atoms with Gasteiger partial charge in [-0.2, -0.15) is 0 Å². The van der Waals surface area contributed by atoms with Crippen LogP contribution in [0.2, 0.25) is 0 Å². The van der Waals surface area contributed by atoms with E-state index in [1.807, 2.05) is 19.1 Å². The number of morpholine rings is 1. The number of rotatable bonds is 5. The Bertz CT molecular complexity index is 564. The van der Waals surface area contributed by atoms with Gasteiger partial charge in [-0.1, -0.05) is 22.9 Å². The molecule has 0 unspecified atom stereocenters. The minimum Gasteiger partial charge on any atom is -0.366 e. The Morgan fingerprint density at radius 1 is 1.45 bits per heavy atom. The molecule has 0 bridgehead atoms. The predicted molar refractivity (Wildman–Crippen MR) is 91.7 cm³/mol. The van der Waals surface area contributed by atoms with Crippen LogP contribution >= 0.6 is 31.9 Å². The summed E-state index contributed by atoms with van der Waals surface area (Å²) in [5, 5.41) is 2.79. The zero-order chi connectivity index (χ0) is 16.1. The SMILES string of the molecule is CCCN1CCO[C@@H](CC(=O)Nc2ccc(Br)cc2Br)C1=O. The number of hydrogen-bond acceptors (Lipinski definition) is 3. The van der Waals surface area contributed by atoms with E-state index in [2.05, 4.69) is 37.2 Å². The first kappa shape index (κ1) is 17.4. The van der Waals surface area contributed by atoms with Crippen molar-refractivity contribution < 1.29 is 14.3 Å². The van der Waals surface area contributed by atoms with E-state index < -0.39 is 6.10 Å². The van der Waals surface area contributed by atoms with E-state index in [0.29, 0.717) is 25.4 Å². The molecule has 1 aromatic carbocycles. The Kier molecular flexibility index (Phi) is 6.40. The van der Waals surface area contributed by atoms with Crippen molar-refractivity contribution in [3.05, 3.63) is 27.1 Å². The zero-order valence-corrected chi connectivity index (χ0v) is 15.4. The molecule has 1 heterocycles. The fourth-order valence-corrected chi connectivity index (χ4v) is 3.44. The highest BCUT2D eigenvalue weighted by Crippen LogP contribution is 2.26. The summed E-state index contributed by atoms with van der Waals surface area (Å²) < 4.78 is 7.15. The normalized spacial score (nSPS) is 18.4. The zero-order valence-electron chi connectivity index (χ0n) is 12.3. The number of anilines is 1. The van der Waals surface area contributed by atoms with Crippen molar-refractivity contribution in [2.75, 3.05) is 25.0 Å². The maximum atomic E-state index is 12.2. The fraction of sp³-hybridized carbons (Fsp3) is 0.467. The van der Waals surface area contributed by atoms with E-state index in [1.165, 1.54) is 0 Å². The van der Waals surface area contributed by atoms with E-state index in [1.54, 1.807) is 11.0 Å². The van der Waals surface area contributed by atoms with Crippen LogP contribution in [0.4, 0.5) is 5.69 Å². The maximum Gasteiger partial charge on any atom is 0.252 e. The highest BCUT2D eigenvalue weighted by atomic mass is 79.9. The van der Waals surface area contributed by atoms with Gasteiger partial charge in [-0.05, 0) is 40.5 Å². The van der Waals surface area contributed by atoms with Crippen LogP contribution in [0.15, 0.2) is 27.1 Å². The molecule has 1 aliphatic heterocycles. The Labute approximate surface area is 146 Å². The van der Waals surface area contributed by atoms with Gasteiger partial charge in [0.15, 0.2) is 0 Å². The quantitative estimate of drug-likeness (QED) is 0.775. The van der Waals surface area contributed by atoms with Gasteiger partial charge in [0.05, 0.1) is 18.7 Å². The molecular weight excluding hydrogens is 416 g/mol. The number of nitrogens with one attached hydrogen (secondary N) is 1. The van der Waals surface area contributed by atoms with Gasteiger partial charge in [0.1, 0.15) is 6.10 Å². The van der Waals surface area contributed by atoms with Crippen LogP contribution in [0, 0.1) is 0 Å². The molecule has 1 N–H and O–H groups in total. The third-order valence-electron chi connectivity index (χ3n) is 3.34. The van der Waals surface area contributed by atoms with Gasteiger partial charge >= 0.3 is 0 Å². The number of benzene rings is 1. The minimum atomic E-state index is -0.686. The number of halogens is 2. The maximum absolute atomic E-state index is 12.2. The molecule has 1 aliphatic rings. The summed E-state index contributed by atoms with van der Waals surface area (Å²) in [7, 11) is 0. The lowest BCUT2D eigenvalue weighted by Crippen LogP contribution is -2.49. The molecule has 7 heteroatoms. The Morgan fingerprint density at radius 2 is 2.23 bits per heavy atom. The molecule has 22 heavy (non-hydrogen) atoms. The van der Waals surface area contributed by atoms with Gasteiger partial charge in [0.25, 0.3) is 5.91 Å². The van der Waals surface area contributed by atoms with Crippen molar-refractivity contribution in [2.45, 2.75) is 25.9 Å². The largest absolute Gasteiger partial charge is 0.366 e. The van der Waals surface area contributed by atoms with Gasteiger partial charge in [-0.15, -0.1) is 0 Å². The Hall–Kier alpha value is -0.920. The first-order chi connectivity index (χ1) is 10.5. The molecule has 1 aromatic rings. The number of carbonyl (C=O) groups excluding carboxylic acids is 2. The third kappa shape index (κ3) is 4.54. The van der Waals surface area contributed by atoms with Gasteiger partial charge in [0, 0.05) is 22.0 Å². The van der Waals surface area contributed by atoms with Crippen LogP contribution in [0.1, 0.15) is 19.8 Å². The van der Waals surface area contributed by atoms with E-state index in [0.717, 1.165) is 15.4 Å². The van der Waals surface area contributed by atoms with Gasteiger partial charge in [-0.3, -0.25) is 9.59 Å². The second-order valence-electron chi connectivity index (χ2n) is 5.06. The van der Waals surface area contributed by atoms with Crippen LogP contribution < -0.4 is 5.32 Å². The lowest BCUT2D eigenvalue weighted by molar-refractivity contribution is -0.155. The fourth-order valence-electron chi connectivity index (χ4n) is 2.29. The van der Waals surface area contributed by atoms with Crippen LogP contribution in [-0.4, -0.2) is 42.5 Å². The topological polar surface area (TPSA) is 58.6 Å². The summed E-state index contributed by atoms with van der Waals surface area (Å²) >= 11 is 6.75. The molecule has 0 radical (unpaired) electrons. The van der Waals surface area contributed by atoms with Crippen molar-refractivity contribution >= 4 is 49.4 Å². The molecule has 0 aromatic heterocycles. The summed E-state index contributed by atoms with van der Waals surface area (Å²) in [6.07, 6.45) is 0.243. The second kappa shape index (κ2) is 8.08. The molecular formula is C15H18Br2N2O3. The van der Waals surface area contributed by atoms with Gasteiger partial charge in [-0.25, -0.2) is 0 Å². The molecule has 0 saturated carbocycles. The van der Waals surface area contributed by atoms with E-state index in [9.17, 15) is 9.59 Å². The van der Waals surface area contributed by atoms with E-state index >= 15 is 0 Å². The smallest absolute Gasteiger partial charge is 0.252 e. The number of nitrogens with zero attached hydrogens (tertiary/aromatic N) is 1. The van der Waals surface area contributed by atoms with Crippen LogP contribution in [-0.2, 0) is 14.3 Å².